The minimum atomic E-state index is -3.70. The number of hydrogen-bond donors (Lipinski definition) is 1. The van der Waals surface area contributed by atoms with Gasteiger partial charge in [-0.05, 0) is 29.8 Å². The summed E-state index contributed by atoms with van der Waals surface area (Å²) in [4.78, 5) is 21.8. The predicted molar refractivity (Wildman–Crippen MR) is 90.7 cm³/mol. The monoisotopic (exact) mass is 368 g/mol. The molecule has 0 atom stereocenters. The van der Waals surface area contributed by atoms with Crippen molar-refractivity contribution in [3.8, 4) is 0 Å². The fraction of sp³-hybridized carbons (Fsp3) is 0.133. The first kappa shape index (κ1) is 17.9. The Hall–Kier alpha value is -2.45. The summed E-state index contributed by atoms with van der Waals surface area (Å²) in [5, 5.41) is 13.5. The van der Waals surface area contributed by atoms with E-state index in [1.165, 1.54) is 24.3 Å². The van der Waals surface area contributed by atoms with E-state index < -0.39 is 26.4 Å². The molecule has 0 heterocycles. The molecule has 0 spiro atoms. The number of halogens is 1. The van der Waals surface area contributed by atoms with E-state index in [1.54, 1.807) is 24.3 Å². The molecule has 0 bridgehead atoms. The van der Waals surface area contributed by atoms with E-state index in [2.05, 4.69) is 5.32 Å². The van der Waals surface area contributed by atoms with E-state index in [-0.39, 0.29) is 11.4 Å². The minimum Gasteiger partial charge on any atom is -0.325 e. The third kappa shape index (κ3) is 5.32. The van der Waals surface area contributed by atoms with E-state index in [4.69, 9.17) is 11.6 Å². The topological polar surface area (TPSA) is 106 Å². The minimum absolute atomic E-state index is 0.128. The number of sulfone groups is 1. The van der Waals surface area contributed by atoms with Crippen LogP contribution in [0.1, 0.15) is 5.56 Å². The van der Waals surface area contributed by atoms with Gasteiger partial charge in [0, 0.05) is 22.8 Å². The second-order valence-corrected chi connectivity index (χ2v) is 7.51. The Kier molecular flexibility index (Phi) is 5.53. The molecule has 7 nitrogen and oxygen atoms in total. The highest BCUT2D eigenvalue weighted by molar-refractivity contribution is 7.91. The number of nitrogens with zero attached hydrogens (tertiary/aromatic N) is 1. The van der Waals surface area contributed by atoms with Crippen LogP contribution in [0.5, 0.6) is 0 Å². The van der Waals surface area contributed by atoms with Crippen LogP contribution in [0.25, 0.3) is 0 Å². The van der Waals surface area contributed by atoms with Crippen LogP contribution in [-0.4, -0.2) is 25.0 Å². The van der Waals surface area contributed by atoms with Crippen LogP contribution in [0.3, 0.4) is 0 Å². The molecule has 9 heteroatoms. The molecule has 0 saturated carbocycles. The van der Waals surface area contributed by atoms with E-state index in [9.17, 15) is 23.3 Å². The van der Waals surface area contributed by atoms with Gasteiger partial charge in [0.05, 0.1) is 10.7 Å². The lowest BCUT2D eigenvalue weighted by atomic mass is 10.2. The molecule has 2 aromatic rings. The second-order valence-electron chi connectivity index (χ2n) is 5.01. The van der Waals surface area contributed by atoms with Gasteiger partial charge in [0.2, 0.25) is 5.91 Å². The van der Waals surface area contributed by atoms with Crippen LogP contribution < -0.4 is 5.32 Å². The van der Waals surface area contributed by atoms with Gasteiger partial charge >= 0.3 is 0 Å². The molecule has 0 fully saturated rings. The fourth-order valence-corrected chi connectivity index (χ4v) is 3.35. The largest absolute Gasteiger partial charge is 0.325 e. The molecular weight excluding hydrogens is 356 g/mol. The van der Waals surface area contributed by atoms with Gasteiger partial charge in [-0.1, -0.05) is 23.7 Å². The summed E-state index contributed by atoms with van der Waals surface area (Å²) in [7, 11) is -3.70. The first-order valence-corrected chi connectivity index (χ1v) is 8.94. The van der Waals surface area contributed by atoms with Crippen molar-refractivity contribution in [2.45, 2.75) is 5.75 Å². The smallest absolute Gasteiger partial charge is 0.269 e. The maximum atomic E-state index is 12.1. The summed E-state index contributed by atoms with van der Waals surface area (Å²) in [6.45, 7) is 0. The van der Waals surface area contributed by atoms with E-state index in [0.29, 0.717) is 16.3 Å². The van der Waals surface area contributed by atoms with Crippen molar-refractivity contribution in [2.75, 3.05) is 11.1 Å². The Morgan fingerprint density at radius 2 is 1.67 bits per heavy atom. The summed E-state index contributed by atoms with van der Waals surface area (Å²) in [5.41, 5.74) is 0.687. The average Bonchev–Trinajstić information content (AvgIpc) is 2.49. The summed E-state index contributed by atoms with van der Waals surface area (Å²) in [6, 6.07) is 11.4. The molecule has 0 aliphatic carbocycles. The van der Waals surface area contributed by atoms with Crippen LogP contribution in [0.4, 0.5) is 11.4 Å². The number of nitrogens with one attached hydrogen (secondary N) is 1. The number of rotatable bonds is 6. The van der Waals surface area contributed by atoms with Gasteiger partial charge in [-0.2, -0.15) is 0 Å². The number of nitro groups is 1. The molecule has 0 aliphatic rings. The fourth-order valence-electron chi connectivity index (χ4n) is 1.95. The predicted octanol–water partition coefficient (Wildman–Crippen LogP) is 2.80. The summed E-state index contributed by atoms with van der Waals surface area (Å²) < 4.78 is 24.1. The van der Waals surface area contributed by atoms with Crippen molar-refractivity contribution < 1.29 is 18.1 Å². The molecule has 24 heavy (non-hydrogen) atoms. The zero-order valence-corrected chi connectivity index (χ0v) is 13.9. The van der Waals surface area contributed by atoms with Crippen molar-refractivity contribution in [1.29, 1.82) is 0 Å². The quantitative estimate of drug-likeness (QED) is 0.623. The normalized spacial score (nSPS) is 11.0. The Morgan fingerprint density at radius 1 is 1.08 bits per heavy atom. The highest BCUT2D eigenvalue weighted by Crippen LogP contribution is 2.16. The highest BCUT2D eigenvalue weighted by atomic mass is 35.5. The van der Waals surface area contributed by atoms with Gasteiger partial charge in [0.15, 0.2) is 9.84 Å². The van der Waals surface area contributed by atoms with Crippen molar-refractivity contribution in [3.05, 3.63) is 69.2 Å². The van der Waals surface area contributed by atoms with Crippen molar-refractivity contribution >= 4 is 38.7 Å². The number of carbonyl (C=O) groups is 1. The number of amides is 1. The first-order chi connectivity index (χ1) is 11.2. The Labute approximate surface area is 143 Å². The molecular formula is C15H13ClN2O5S. The third-order valence-corrected chi connectivity index (χ3v) is 4.74. The molecule has 1 N–H and O–H groups in total. The van der Waals surface area contributed by atoms with Gasteiger partial charge in [0.25, 0.3) is 5.69 Å². The molecule has 0 radical (unpaired) electrons. The van der Waals surface area contributed by atoms with Crippen molar-refractivity contribution in [3.63, 3.8) is 0 Å². The van der Waals surface area contributed by atoms with Crippen LogP contribution in [0, 0.1) is 10.1 Å². The van der Waals surface area contributed by atoms with Gasteiger partial charge < -0.3 is 5.32 Å². The zero-order valence-electron chi connectivity index (χ0n) is 12.3. The van der Waals surface area contributed by atoms with Gasteiger partial charge in [-0.15, -0.1) is 0 Å². The number of benzene rings is 2. The van der Waals surface area contributed by atoms with Gasteiger partial charge in [-0.3, -0.25) is 14.9 Å². The van der Waals surface area contributed by atoms with Crippen LogP contribution in [-0.2, 0) is 20.4 Å². The zero-order chi connectivity index (χ0) is 17.7. The van der Waals surface area contributed by atoms with E-state index in [1.807, 2.05) is 0 Å². The highest BCUT2D eigenvalue weighted by Gasteiger charge is 2.18. The number of non-ortho nitro benzene ring substituents is 1. The molecule has 2 aromatic carbocycles. The first-order valence-electron chi connectivity index (χ1n) is 6.74. The van der Waals surface area contributed by atoms with E-state index in [0.717, 1.165) is 0 Å². The number of nitro benzene ring substituents is 1. The summed E-state index contributed by atoms with van der Waals surface area (Å²) >= 11 is 5.72. The molecule has 0 aromatic heterocycles. The van der Waals surface area contributed by atoms with E-state index >= 15 is 0 Å². The molecule has 0 aliphatic heterocycles. The number of hydrogen-bond acceptors (Lipinski definition) is 5. The number of anilines is 1. The lowest BCUT2D eigenvalue weighted by molar-refractivity contribution is -0.384. The van der Waals surface area contributed by atoms with Crippen LogP contribution in [0.15, 0.2) is 48.5 Å². The average molecular weight is 369 g/mol. The SMILES string of the molecule is O=C(CS(=O)(=O)Cc1ccc([N+](=O)[O-])cc1)Nc1ccc(Cl)cc1. The lowest BCUT2D eigenvalue weighted by Crippen LogP contribution is -2.23. The maximum Gasteiger partial charge on any atom is 0.269 e. The Balaban J connectivity index is 1.98. The molecule has 0 unspecified atom stereocenters. The third-order valence-electron chi connectivity index (χ3n) is 3.01. The molecule has 126 valence electrons. The van der Waals surface area contributed by atoms with Gasteiger partial charge in [-0.25, -0.2) is 8.42 Å². The maximum absolute atomic E-state index is 12.1. The molecule has 1 amide bonds. The van der Waals surface area contributed by atoms with Gasteiger partial charge in [0.1, 0.15) is 5.75 Å². The van der Waals surface area contributed by atoms with Crippen LogP contribution >= 0.6 is 11.6 Å². The van der Waals surface area contributed by atoms with Crippen molar-refractivity contribution in [2.24, 2.45) is 0 Å². The summed E-state index contributed by atoms with van der Waals surface area (Å²) in [5.74, 6) is -1.73. The second kappa shape index (κ2) is 7.41. The van der Waals surface area contributed by atoms with Crippen LogP contribution in [0.2, 0.25) is 5.02 Å². The summed E-state index contributed by atoms with van der Waals surface area (Å²) in [6.07, 6.45) is 0. The molecule has 2 rings (SSSR count). The standard InChI is InChI=1S/C15H13ClN2O5S/c16-12-3-5-13(6-4-12)17-15(19)10-24(22,23)9-11-1-7-14(8-2-11)18(20)21/h1-8H,9-10H2,(H,17,19). The number of carbonyl (C=O) groups excluding carboxylic acids is 1. The lowest BCUT2D eigenvalue weighted by Gasteiger charge is -2.07. The Bertz CT molecular complexity index is 848. The Morgan fingerprint density at radius 3 is 2.21 bits per heavy atom. The molecule has 0 saturated heterocycles. The van der Waals surface area contributed by atoms with Crippen molar-refractivity contribution in [1.82, 2.24) is 0 Å².